The van der Waals surface area contributed by atoms with E-state index in [0.717, 1.165) is 18.5 Å². The van der Waals surface area contributed by atoms with Crippen LogP contribution in [0.25, 0.3) is 0 Å². The highest BCUT2D eigenvalue weighted by Gasteiger charge is 2.24. The summed E-state index contributed by atoms with van der Waals surface area (Å²) in [5, 5.41) is 6.94. The minimum atomic E-state index is 0.678. The average molecular weight is 156 g/mol. The molecule has 2 N–H and O–H groups in total. The molecule has 0 saturated carbocycles. The van der Waals surface area contributed by atoms with Crippen molar-refractivity contribution >= 4 is 0 Å². The van der Waals surface area contributed by atoms with Gasteiger partial charge >= 0.3 is 0 Å². The van der Waals surface area contributed by atoms with Crippen LogP contribution in [0.5, 0.6) is 0 Å². The van der Waals surface area contributed by atoms with E-state index in [1.54, 1.807) is 0 Å². The maximum Gasteiger partial charge on any atom is 0.00795 e. The van der Waals surface area contributed by atoms with Crippen LogP contribution in [-0.2, 0) is 0 Å². The largest absolute Gasteiger partial charge is 0.314 e. The predicted octanol–water partition coefficient (Wildman–Crippen LogP) is 0.982. The Morgan fingerprint density at radius 3 is 2.82 bits per heavy atom. The van der Waals surface area contributed by atoms with Gasteiger partial charge in [0.25, 0.3) is 0 Å². The Kier molecular flexibility index (Phi) is 3.34. The zero-order valence-corrected chi connectivity index (χ0v) is 7.85. The molecule has 3 atom stereocenters. The second-order valence-corrected chi connectivity index (χ2v) is 3.65. The van der Waals surface area contributed by atoms with E-state index in [1.165, 1.54) is 13.0 Å². The fourth-order valence-electron chi connectivity index (χ4n) is 1.84. The van der Waals surface area contributed by atoms with E-state index in [1.807, 2.05) is 0 Å². The van der Waals surface area contributed by atoms with Crippen molar-refractivity contribution in [3.63, 3.8) is 0 Å². The van der Waals surface area contributed by atoms with Gasteiger partial charge in [-0.3, -0.25) is 0 Å². The Hall–Kier alpha value is -0.0800. The highest BCUT2D eigenvalue weighted by atomic mass is 15.0. The van der Waals surface area contributed by atoms with Crippen molar-refractivity contribution < 1.29 is 0 Å². The molecule has 1 aliphatic rings. The minimum Gasteiger partial charge on any atom is -0.314 e. The molecule has 1 saturated heterocycles. The van der Waals surface area contributed by atoms with Gasteiger partial charge < -0.3 is 10.6 Å². The van der Waals surface area contributed by atoms with Crippen LogP contribution in [-0.4, -0.2) is 25.2 Å². The van der Waals surface area contributed by atoms with Crippen LogP contribution in [0.2, 0.25) is 0 Å². The van der Waals surface area contributed by atoms with Crippen molar-refractivity contribution in [3.8, 4) is 0 Å². The topological polar surface area (TPSA) is 24.1 Å². The van der Waals surface area contributed by atoms with Gasteiger partial charge in [0.2, 0.25) is 0 Å². The molecule has 1 rings (SSSR count). The highest BCUT2D eigenvalue weighted by molar-refractivity contribution is 4.84. The molecule has 0 spiro atoms. The second kappa shape index (κ2) is 4.07. The molecule has 0 aromatic rings. The summed E-state index contributed by atoms with van der Waals surface area (Å²) in [6.07, 6.45) is 1.33. The summed E-state index contributed by atoms with van der Waals surface area (Å²) in [7, 11) is 0. The molecule has 0 aromatic heterocycles. The first-order valence-corrected chi connectivity index (χ1v) is 4.70. The normalized spacial score (nSPS) is 34.1. The molecule has 66 valence electrons. The molecule has 1 fully saturated rings. The lowest BCUT2D eigenvalue weighted by Crippen LogP contribution is -2.34. The van der Waals surface area contributed by atoms with Crippen molar-refractivity contribution in [2.24, 2.45) is 5.92 Å². The molecular weight excluding hydrogens is 136 g/mol. The van der Waals surface area contributed by atoms with Crippen molar-refractivity contribution in [1.29, 1.82) is 0 Å². The van der Waals surface area contributed by atoms with Crippen LogP contribution in [0.4, 0.5) is 0 Å². The molecule has 11 heavy (non-hydrogen) atoms. The summed E-state index contributed by atoms with van der Waals surface area (Å²) in [5.41, 5.74) is 0. The molecule has 2 unspecified atom stereocenters. The van der Waals surface area contributed by atoms with Crippen LogP contribution in [0, 0.1) is 5.92 Å². The fourth-order valence-corrected chi connectivity index (χ4v) is 1.84. The molecule has 0 bridgehead atoms. The second-order valence-electron chi connectivity index (χ2n) is 3.65. The van der Waals surface area contributed by atoms with Crippen molar-refractivity contribution in [2.45, 2.75) is 39.3 Å². The Morgan fingerprint density at radius 1 is 1.64 bits per heavy atom. The quantitative estimate of drug-likeness (QED) is 0.636. The first-order chi connectivity index (χ1) is 5.24. The van der Waals surface area contributed by atoms with Crippen LogP contribution in [0.3, 0.4) is 0 Å². The van der Waals surface area contributed by atoms with E-state index in [2.05, 4.69) is 31.4 Å². The summed E-state index contributed by atoms with van der Waals surface area (Å²) in [5.74, 6) is 0.838. The summed E-state index contributed by atoms with van der Waals surface area (Å²) in [4.78, 5) is 0. The average Bonchev–Trinajstić information content (AvgIpc) is 2.36. The van der Waals surface area contributed by atoms with E-state index in [9.17, 15) is 0 Å². The van der Waals surface area contributed by atoms with Gasteiger partial charge in [0.1, 0.15) is 0 Å². The van der Waals surface area contributed by atoms with Crippen LogP contribution < -0.4 is 10.6 Å². The molecule has 0 amide bonds. The minimum absolute atomic E-state index is 0.678. The lowest BCUT2D eigenvalue weighted by Gasteiger charge is -2.18. The van der Waals surface area contributed by atoms with Gasteiger partial charge in [-0.2, -0.15) is 0 Å². The third-order valence-electron chi connectivity index (χ3n) is 2.62. The van der Waals surface area contributed by atoms with Gasteiger partial charge in [0.15, 0.2) is 0 Å². The van der Waals surface area contributed by atoms with Gasteiger partial charge in [0, 0.05) is 12.1 Å². The third-order valence-corrected chi connectivity index (χ3v) is 2.62. The molecule has 0 aromatic carbocycles. The molecular formula is C9H20N2. The van der Waals surface area contributed by atoms with Crippen LogP contribution in [0.1, 0.15) is 27.2 Å². The third kappa shape index (κ3) is 2.46. The molecule has 2 heteroatoms. The van der Waals surface area contributed by atoms with E-state index in [0.29, 0.717) is 6.04 Å². The van der Waals surface area contributed by atoms with Gasteiger partial charge in [0.05, 0.1) is 0 Å². The van der Waals surface area contributed by atoms with Crippen molar-refractivity contribution in [3.05, 3.63) is 0 Å². The van der Waals surface area contributed by atoms with Gasteiger partial charge in [-0.05, 0) is 39.3 Å². The Labute approximate surface area is 69.8 Å². The molecule has 2 nitrogen and oxygen atoms in total. The van der Waals surface area contributed by atoms with Crippen LogP contribution >= 0.6 is 0 Å². The zero-order chi connectivity index (χ0) is 8.27. The van der Waals surface area contributed by atoms with Gasteiger partial charge in [-0.25, -0.2) is 0 Å². The van der Waals surface area contributed by atoms with Gasteiger partial charge in [-0.15, -0.1) is 0 Å². The Morgan fingerprint density at radius 2 is 2.36 bits per heavy atom. The number of hydrogen-bond acceptors (Lipinski definition) is 2. The zero-order valence-electron chi connectivity index (χ0n) is 7.85. The SMILES string of the molecule is CCN[C@H](C)C1CNC(C)C1. The van der Waals surface area contributed by atoms with E-state index in [-0.39, 0.29) is 0 Å². The standard InChI is InChI=1S/C9H20N2/c1-4-10-8(3)9-5-7(2)11-6-9/h7-11H,4-6H2,1-3H3/t7?,8-,9?/m1/s1. The number of nitrogens with one attached hydrogen (secondary N) is 2. The summed E-state index contributed by atoms with van der Waals surface area (Å²) in [6, 6.07) is 1.40. The summed E-state index contributed by atoms with van der Waals surface area (Å²) < 4.78 is 0. The fraction of sp³-hybridized carbons (Fsp3) is 1.00. The lowest BCUT2D eigenvalue weighted by molar-refractivity contribution is 0.403. The first kappa shape index (κ1) is 9.01. The molecule has 0 radical (unpaired) electrons. The van der Waals surface area contributed by atoms with E-state index >= 15 is 0 Å². The smallest absolute Gasteiger partial charge is 0.00795 e. The number of hydrogen-bond donors (Lipinski definition) is 2. The number of rotatable bonds is 3. The maximum atomic E-state index is 3.47. The summed E-state index contributed by atoms with van der Waals surface area (Å²) >= 11 is 0. The first-order valence-electron chi connectivity index (χ1n) is 4.70. The lowest BCUT2D eigenvalue weighted by atomic mass is 9.98. The van der Waals surface area contributed by atoms with Crippen molar-refractivity contribution in [2.75, 3.05) is 13.1 Å². The Balaban J connectivity index is 2.25. The predicted molar refractivity (Wildman–Crippen MR) is 48.7 cm³/mol. The van der Waals surface area contributed by atoms with Gasteiger partial charge in [-0.1, -0.05) is 6.92 Å². The Bertz CT molecular complexity index is 114. The highest BCUT2D eigenvalue weighted by Crippen LogP contribution is 2.16. The van der Waals surface area contributed by atoms with E-state index in [4.69, 9.17) is 0 Å². The maximum absolute atomic E-state index is 3.47. The molecule has 1 aliphatic heterocycles. The van der Waals surface area contributed by atoms with E-state index < -0.39 is 0 Å². The summed E-state index contributed by atoms with van der Waals surface area (Å²) in [6.45, 7) is 9.00. The molecule has 1 heterocycles. The van der Waals surface area contributed by atoms with Crippen molar-refractivity contribution in [1.82, 2.24) is 10.6 Å². The molecule has 0 aliphatic carbocycles. The van der Waals surface area contributed by atoms with Crippen LogP contribution in [0.15, 0.2) is 0 Å². The monoisotopic (exact) mass is 156 g/mol.